The quantitative estimate of drug-likeness (QED) is 0.563. The molecule has 0 aliphatic heterocycles. The van der Waals surface area contributed by atoms with E-state index in [0.717, 1.165) is 17.3 Å². The molecule has 4 heteroatoms. The van der Waals surface area contributed by atoms with Gasteiger partial charge in [0.2, 0.25) is 0 Å². The molecule has 72 valence electrons. The summed E-state index contributed by atoms with van der Waals surface area (Å²) in [6, 6.07) is 1.91. The van der Waals surface area contributed by atoms with Gasteiger partial charge in [-0.15, -0.1) is 0 Å². The third-order valence-corrected chi connectivity index (χ3v) is 1.51. The summed E-state index contributed by atoms with van der Waals surface area (Å²) in [7, 11) is 0. The zero-order chi connectivity index (χ0) is 10.1. The van der Waals surface area contributed by atoms with Crippen LogP contribution < -0.4 is 5.32 Å². The van der Waals surface area contributed by atoms with E-state index in [9.17, 15) is 0 Å². The number of hydrogen-bond acceptors (Lipinski definition) is 4. The second-order valence-corrected chi connectivity index (χ2v) is 4.74. The summed E-state index contributed by atoms with van der Waals surface area (Å²) in [6.07, 6.45) is 0. The lowest BCUT2D eigenvalue weighted by molar-refractivity contribution is 0.816. The minimum absolute atomic E-state index is 0.257. The smallest absolute Gasteiger partial charge is 0.130 e. The van der Waals surface area contributed by atoms with Crippen molar-refractivity contribution in [2.45, 2.75) is 32.6 Å². The molecule has 1 aromatic rings. The molecule has 0 spiro atoms. The van der Waals surface area contributed by atoms with Gasteiger partial charge in [0.15, 0.2) is 0 Å². The Balaban J connectivity index is 2.90. The molecule has 0 bridgehead atoms. The van der Waals surface area contributed by atoms with Crippen LogP contribution >= 0.6 is 12.6 Å². The van der Waals surface area contributed by atoms with E-state index in [1.165, 1.54) is 0 Å². The van der Waals surface area contributed by atoms with Gasteiger partial charge >= 0.3 is 0 Å². The second-order valence-electron chi connectivity index (χ2n) is 3.63. The number of aryl methyl sites for hydroxylation is 2. The molecule has 0 aliphatic rings. The highest BCUT2D eigenvalue weighted by Gasteiger charge is 2.11. The first-order valence-corrected chi connectivity index (χ1v) is 4.64. The predicted octanol–water partition coefficient (Wildman–Crippen LogP) is 2.17. The average molecular weight is 197 g/mol. The van der Waals surface area contributed by atoms with Crippen molar-refractivity contribution in [1.29, 1.82) is 0 Å². The fourth-order valence-corrected chi connectivity index (χ4v) is 1.21. The second kappa shape index (κ2) is 3.54. The molecule has 0 unspecified atom stereocenters. The molecule has 0 saturated carbocycles. The first-order chi connectivity index (χ1) is 5.87. The van der Waals surface area contributed by atoms with E-state index in [2.05, 4.69) is 27.9 Å². The van der Waals surface area contributed by atoms with Gasteiger partial charge in [-0.2, -0.15) is 12.6 Å². The Hall–Kier alpha value is -0.770. The van der Waals surface area contributed by atoms with Crippen LogP contribution in [0.15, 0.2) is 6.07 Å². The lowest BCUT2D eigenvalue weighted by Crippen LogP contribution is -2.24. The van der Waals surface area contributed by atoms with Gasteiger partial charge < -0.3 is 5.32 Å². The average Bonchev–Trinajstić information content (AvgIpc) is 1.78. The third-order valence-electron chi connectivity index (χ3n) is 1.40. The van der Waals surface area contributed by atoms with E-state index in [1.54, 1.807) is 0 Å². The summed E-state index contributed by atoms with van der Waals surface area (Å²) in [5, 5.41) is 3.18. The van der Waals surface area contributed by atoms with E-state index in [0.29, 0.717) is 0 Å². The molecule has 3 nitrogen and oxygen atoms in total. The largest absolute Gasteiger partial charge is 0.356 e. The Labute approximate surface area is 84.4 Å². The number of aromatic nitrogens is 2. The number of anilines is 1. The summed E-state index contributed by atoms with van der Waals surface area (Å²) >= 11 is 4.36. The van der Waals surface area contributed by atoms with Crippen molar-refractivity contribution in [3.8, 4) is 0 Å². The molecule has 0 atom stereocenters. The molecule has 1 aromatic heterocycles. The molecular weight excluding hydrogens is 182 g/mol. The van der Waals surface area contributed by atoms with Crippen LogP contribution in [0.5, 0.6) is 0 Å². The Kier molecular flexibility index (Phi) is 2.81. The van der Waals surface area contributed by atoms with E-state index in [1.807, 2.05) is 33.8 Å². The molecule has 0 fully saturated rings. The minimum Gasteiger partial charge on any atom is -0.356 e. The van der Waals surface area contributed by atoms with Crippen LogP contribution in [0, 0.1) is 13.8 Å². The monoisotopic (exact) mass is 197 g/mol. The zero-order valence-corrected chi connectivity index (χ0v) is 9.31. The summed E-state index contributed by atoms with van der Waals surface area (Å²) in [4.78, 5) is 8.18. The maximum atomic E-state index is 4.36. The van der Waals surface area contributed by atoms with Crippen molar-refractivity contribution < 1.29 is 0 Å². The number of nitrogens with zero attached hydrogens (tertiary/aromatic N) is 2. The molecule has 1 N–H and O–H groups in total. The van der Waals surface area contributed by atoms with Gasteiger partial charge in [0.25, 0.3) is 0 Å². The van der Waals surface area contributed by atoms with Gasteiger partial charge in [-0.05, 0) is 27.7 Å². The fourth-order valence-electron chi connectivity index (χ4n) is 1.09. The highest BCUT2D eigenvalue weighted by atomic mass is 32.1. The van der Waals surface area contributed by atoms with Gasteiger partial charge in [0, 0.05) is 11.8 Å². The van der Waals surface area contributed by atoms with E-state index in [4.69, 9.17) is 0 Å². The van der Waals surface area contributed by atoms with Crippen LogP contribution in [-0.2, 0) is 0 Å². The SMILES string of the molecule is Cc1cc(NC(C)(C)S)nc(C)n1. The molecule has 1 heterocycles. The Morgan fingerprint density at radius 2 is 1.92 bits per heavy atom. The van der Waals surface area contributed by atoms with Gasteiger partial charge in [-0.3, -0.25) is 0 Å². The van der Waals surface area contributed by atoms with Crippen molar-refractivity contribution in [3.05, 3.63) is 17.6 Å². The first kappa shape index (κ1) is 10.3. The molecule has 0 aromatic carbocycles. The molecule has 0 aliphatic carbocycles. The topological polar surface area (TPSA) is 37.8 Å². The van der Waals surface area contributed by atoms with Crippen molar-refractivity contribution in [1.82, 2.24) is 9.97 Å². The van der Waals surface area contributed by atoms with Crippen molar-refractivity contribution in [2.75, 3.05) is 5.32 Å². The lowest BCUT2D eigenvalue weighted by atomic mass is 10.3. The standard InChI is InChI=1S/C9H15N3S/c1-6-5-8(11-7(2)10-6)12-9(3,4)13/h5,13H,1-4H3,(H,10,11,12). The van der Waals surface area contributed by atoms with E-state index in [-0.39, 0.29) is 4.87 Å². The fraction of sp³-hybridized carbons (Fsp3) is 0.556. The summed E-state index contributed by atoms with van der Waals surface area (Å²) in [5.41, 5.74) is 0.965. The summed E-state index contributed by atoms with van der Waals surface area (Å²) < 4.78 is 0. The van der Waals surface area contributed by atoms with Gasteiger partial charge in [0.1, 0.15) is 11.6 Å². The van der Waals surface area contributed by atoms with Crippen LogP contribution in [-0.4, -0.2) is 14.8 Å². The molecule has 0 radical (unpaired) electrons. The van der Waals surface area contributed by atoms with Gasteiger partial charge in [-0.1, -0.05) is 0 Å². The number of thiol groups is 1. The Morgan fingerprint density at radius 1 is 1.31 bits per heavy atom. The normalized spacial score (nSPS) is 11.5. The van der Waals surface area contributed by atoms with Crippen molar-refractivity contribution in [3.63, 3.8) is 0 Å². The lowest BCUT2D eigenvalue weighted by Gasteiger charge is -2.20. The third kappa shape index (κ3) is 3.63. The molecular formula is C9H15N3S. The van der Waals surface area contributed by atoms with Gasteiger partial charge in [0.05, 0.1) is 4.87 Å². The minimum atomic E-state index is -0.257. The number of rotatable bonds is 2. The Bertz CT molecular complexity index is 284. The van der Waals surface area contributed by atoms with Crippen molar-refractivity contribution >= 4 is 18.4 Å². The zero-order valence-electron chi connectivity index (χ0n) is 8.42. The highest BCUT2D eigenvalue weighted by Crippen LogP contribution is 2.16. The predicted molar refractivity (Wildman–Crippen MR) is 58.2 cm³/mol. The first-order valence-electron chi connectivity index (χ1n) is 4.20. The summed E-state index contributed by atoms with van der Waals surface area (Å²) in [5.74, 6) is 1.60. The molecule has 0 amide bonds. The van der Waals surface area contributed by atoms with Crippen molar-refractivity contribution in [2.24, 2.45) is 0 Å². The molecule has 13 heavy (non-hydrogen) atoms. The van der Waals surface area contributed by atoms with Gasteiger partial charge in [-0.25, -0.2) is 9.97 Å². The maximum absolute atomic E-state index is 4.36. The summed E-state index contributed by atoms with van der Waals surface area (Å²) in [6.45, 7) is 7.78. The number of hydrogen-bond donors (Lipinski definition) is 2. The van der Waals surface area contributed by atoms with Crippen LogP contribution in [0.2, 0.25) is 0 Å². The highest BCUT2D eigenvalue weighted by molar-refractivity contribution is 7.81. The van der Waals surface area contributed by atoms with E-state index < -0.39 is 0 Å². The van der Waals surface area contributed by atoms with Crippen LogP contribution in [0.25, 0.3) is 0 Å². The van der Waals surface area contributed by atoms with Crippen LogP contribution in [0.1, 0.15) is 25.4 Å². The number of nitrogens with one attached hydrogen (secondary N) is 1. The maximum Gasteiger partial charge on any atom is 0.130 e. The van der Waals surface area contributed by atoms with E-state index >= 15 is 0 Å². The molecule has 1 rings (SSSR count). The van der Waals surface area contributed by atoms with Crippen LogP contribution in [0.4, 0.5) is 5.82 Å². The molecule has 0 saturated heterocycles. The Morgan fingerprint density at radius 3 is 2.38 bits per heavy atom. The van der Waals surface area contributed by atoms with Crippen LogP contribution in [0.3, 0.4) is 0 Å².